The number of aliphatic imine (C=N–C) groups is 1. The van der Waals surface area contributed by atoms with Crippen LogP contribution in [0.1, 0.15) is 41.6 Å². The molecule has 2 aliphatic rings. The Labute approximate surface area is 177 Å². The van der Waals surface area contributed by atoms with Gasteiger partial charge in [0.1, 0.15) is 6.61 Å². The third kappa shape index (κ3) is 6.07. The molecule has 1 fully saturated rings. The van der Waals surface area contributed by atoms with Crippen LogP contribution in [0.2, 0.25) is 5.02 Å². The highest BCUT2D eigenvalue weighted by Gasteiger charge is 2.32. The van der Waals surface area contributed by atoms with E-state index in [-0.39, 0.29) is 16.6 Å². The van der Waals surface area contributed by atoms with Crippen molar-refractivity contribution >= 4 is 23.3 Å². The average molecular weight is 449 g/mol. The van der Waals surface area contributed by atoms with Crippen molar-refractivity contribution in [2.75, 3.05) is 20.3 Å². The summed E-state index contributed by atoms with van der Waals surface area (Å²) in [5.41, 5.74) is 1.63. The van der Waals surface area contributed by atoms with E-state index in [1.807, 2.05) is 0 Å². The highest BCUT2D eigenvalue weighted by molar-refractivity contribution is 6.33. The van der Waals surface area contributed by atoms with Gasteiger partial charge in [-0.25, -0.2) is 15.3 Å². The first-order valence-corrected chi connectivity index (χ1v) is 10.0. The van der Waals surface area contributed by atoms with Gasteiger partial charge in [0, 0.05) is 19.7 Å². The van der Waals surface area contributed by atoms with Crippen LogP contribution in [-0.4, -0.2) is 44.4 Å². The summed E-state index contributed by atoms with van der Waals surface area (Å²) in [6.07, 6.45) is -1.80. The number of nitrogens with one attached hydrogen (secondary N) is 3. The number of methoxy groups -OCH3 is 1. The van der Waals surface area contributed by atoms with Gasteiger partial charge in [0.05, 0.1) is 16.1 Å². The summed E-state index contributed by atoms with van der Waals surface area (Å²) in [6, 6.07) is 2.65. The average Bonchev–Trinajstić information content (AvgIpc) is 3.14. The topological polar surface area (TPSA) is 84.0 Å². The minimum Gasteiger partial charge on any atom is -0.377 e. The second-order valence-corrected chi connectivity index (χ2v) is 7.78. The van der Waals surface area contributed by atoms with Gasteiger partial charge < -0.3 is 10.1 Å². The Balaban J connectivity index is 1.45. The zero-order chi connectivity index (χ0) is 21.7. The molecule has 7 nitrogen and oxygen atoms in total. The van der Waals surface area contributed by atoms with E-state index in [4.69, 9.17) is 21.2 Å². The van der Waals surface area contributed by atoms with Gasteiger partial charge in [-0.1, -0.05) is 11.6 Å². The Morgan fingerprint density at radius 3 is 2.73 bits per heavy atom. The Morgan fingerprint density at radius 1 is 1.33 bits per heavy atom. The fourth-order valence-corrected chi connectivity index (χ4v) is 3.73. The van der Waals surface area contributed by atoms with Crippen molar-refractivity contribution in [3.8, 4) is 0 Å². The molecule has 0 aromatic heterocycles. The summed E-state index contributed by atoms with van der Waals surface area (Å²) in [4.78, 5) is 22.0. The molecule has 1 saturated carbocycles. The van der Waals surface area contributed by atoms with Crippen LogP contribution >= 0.6 is 11.6 Å². The molecular weight excluding hydrogens is 425 g/mol. The summed E-state index contributed by atoms with van der Waals surface area (Å²) in [6.45, 7) is 1.05. The van der Waals surface area contributed by atoms with E-state index in [2.05, 4.69) is 21.1 Å². The number of alkyl halides is 3. The lowest BCUT2D eigenvalue weighted by Crippen LogP contribution is -2.40. The maximum absolute atomic E-state index is 12.9. The molecule has 1 amide bonds. The minimum atomic E-state index is -4.53. The Morgan fingerprint density at radius 2 is 2.07 bits per heavy atom. The first kappa shape index (κ1) is 22.8. The number of carbonyl (C=O) groups excluding carboxylic acids is 1. The van der Waals surface area contributed by atoms with Crippen molar-refractivity contribution < 1.29 is 27.5 Å². The van der Waals surface area contributed by atoms with Crippen LogP contribution in [-0.2, 0) is 15.8 Å². The van der Waals surface area contributed by atoms with Gasteiger partial charge in [-0.15, -0.1) is 0 Å². The minimum absolute atomic E-state index is 0.00282. The van der Waals surface area contributed by atoms with Gasteiger partial charge in [-0.3, -0.25) is 10.1 Å². The molecule has 0 saturated heterocycles. The first-order valence-electron chi connectivity index (χ1n) is 9.64. The van der Waals surface area contributed by atoms with Gasteiger partial charge in [0.2, 0.25) is 6.35 Å². The number of carbonyl (C=O) groups is 1. The van der Waals surface area contributed by atoms with E-state index in [0.717, 1.165) is 43.9 Å². The molecule has 1 unspecified atom stereocenters. The number of benzene rings is 1. The predicted octanol–water partition coefficient (Wildman–Crippen LogP) is 3.10. The van der Waals surface area contributed by atoms with Crippen LogP contribution in [0.5, 0.6) is 0 Å². The SMILES string of the molecule is COCC1=NC(NCC2CCC(NC(=O)c3cc(C(F)(F)F)ccc3Cl)CC2)ON1. The molecule has 30 heavy (non-hydrogen) atoms. The Kier molecular flexibility index (Phi) is 7.56. The number of hydrogen-bond donors (Lipinski definition) is 3. The van der Waals surface area contributed by atoms with Gasteiger partial charge in [-0.2, -0.15) is 13.2 Å². The number of rotatable bonds is 7. The number of hydroxylamine groups is 1. The smallest absolute Gasteiger partial charge is 0.377 e. The summed E-state index contributed by atoms with van der Waals surface area (Å²) >= 11 is 5.94. The summed E-state index contributed by atoms with van der Waals surface area (Å²) in [5.74, 6) is 0.424. The number of halogens is 4. The monoisotopic (exact) mass is 448 g/mol. The standard InChI is InChI=1S/C19H24ClF3N4O3/c1-29-10-16-26-18(30-27-16)24-9-11-2-5-13(6-3-11)25-17(28)14-8-12(19(21,22)23)4-7-15(14)20/h4,7-8,11,13,18,24H,2-3,5-6,9-10H2,1H3,(H,25,28)(H,26,27). The van der Waals surface area contributed by atoms with Crippen LogP contribution in [0, 0.1) is 5.92 Å². The molecule has 3 N–H and O–H groups in total. The quantitative estimate of drug-likeness (QED) is 0.597. The highest BCUT2D eigenvalue weighted by atomic mass is 35.5. The van der Waals surface area contributed by atoms with Crippen molar-refractivity contribution in [2.24, 2.45) is 10.9 Å². The third-order valence-electron chi connectivity index (χ3n) is 5.14. The van der Waals surface area contributed by atoms with Gasteiger partial charge in [-0.05, 0) is 49.8 Å². The fraction of sp³-hybridized carbons (Fsp3) is 0.579. The zero-order valence-electron chi connectivity index (χ0n) is 16.4. The fourth-order valence-electron chi connectivity index (χ4n) is 3.53. The molecule has 166 valence electrons. The van der Waals surface area contributed by atoms with E-state index < -0.39 is 24.0 Å². The number of hydrogen-bond acceptors (Lipinski definition) is 6. The molecule has 0 spiro atoms. The van der Waals surface area contributed by atoms with Crippen LogP contribution in [0.25, 0.3) is 0 Å². The Hall–Kier alpha value is -1.88. The lowest BCUT2D eigenvalue weighted by Gasteiger charge is -2.29. The van der Waals surface area contributed by atoms with Crippen molar-refractivity contribution in [1.29, 1.82) is 0 Å². The van der Waals surface area contributed by atoms with E-state index in [9.17, 15) is 18.0 Å². The number of amidine groups is 1. The van der Waals surface area contributed by atoms with E-state index in [0.29, 0.717) is 24.9 Å². The highest BCUT2D eigenvalue weighted by Crippen LogP contribution is 2.32. The first-order chi connectivity index (χ1) is 14.3. The summed E-state index contributed by atoms with van der Waals surface area (Å²) in [7, 11) is 1.57. The maximum atomic E-state index is 12.9. The zero-order valence-corrected chi connectivity index (χ0v) is 17.1. The molecule has 1 aromatic carbocycles. The van der Waals surface area contributed by atoms with Crippen molar-refractivity contribution in [3.63, 3.8) is 0 Å². The lowest BCUT2D eigenvalue weighted by atomic mass is 9.86. The molecule has 11 heteroatoms. The van der Waals surface area contributed by atoms with Gasteiger partial charge >= 0.3 is 6.18 Å². The van der Waals surface area contributed by atoms with Crippen molar-refractivity contribution in [1.82, 2.24) is 16.1 Å². The molecule has 1 atom stereocenters. The normalized spacial score (nSPS) is 24.3. The van der Waals surface area contributed by atoms with Gasteiger partial charge in [0.15, 0.2) is 5.84 Å². The molecule has 1 aliphatic carbocycles. The molecule has 1 aromatic rings. The molecule has 1 aliphatic heterocycles. The third-order valence-corrected chi connectivity index (χ3v) is 5.47. The van der Waals surface area contributed by atoms with Crippen molar-refractivity contribution in [2.45, 2.75) is 44.3 Å². The van der Waals surface area contributed by atoms with Crippen LogP contribution in [0.15, 0.2) is 23.2 Å². The lowest BCUT2D eigenvalue weighted by molar-refractivity contribution is -0.137. The molecular formula is C19H24ClF3N4O3. The van der Waals surface area contributed by atoms with Crippen LogP contribution in [0.4, 0.5) is 13.2 Å². The van der Waals surface area contributed by atoms with Gasteiger partial charge in [0.25, 0.3) is 5.91 Å². The number of ether oxygens (including phenoxy) is 1. The predicted molar refractivity (Wildman–Crippen MR) is 105 cm³/mol. The van der Waals surface area contributed by atoms with E-state index >= 15 is 0 Å². The van der Waals surface area contributed by atoms with Crippen LogP contribution in [0.3, 0.4) is 0 Å². The van der Waals surface area contributed by atoms with Crippen molar-refractivity contribution in [3.05, 3.63) is 34.3 Å². The molecule has 0 radical (unpaired) electrons. The maximum Gasteiger partial charge on any atom is 0.416 e. The Bertz CT molecular complexity index is 783. The number of amides is 1. The summed E-state index contributed by atoms with van der Waals surface area (Å²) in [5, 5.41) is 6.02. The largest absolute Gasteiger partial charge is 0.416 e. The molecule has 3 rings (SSSR count). The molecule has 0 bridgehead atoms. The number of nitrogens with zero attached hydrogens (tertiary/aromatic N) is 1. The summed E-state index contributed by atoms with van der Waals surface area (Å²) < 4.78 is 43.7. The second kappa shape index (κ2) is 9.95. The van der Waals surface area contributed by atoms with E-state index in [1.54, 1.807) is 7.11 Å². The van der Waals surface area contributed by atoms with Crippen LogP contribution < -0.4 is 16.1 Å². The van der Waals surface area contributed by atoms with E-state index in [1.165, 1.54) is 0 Å². The second-order valence-electron chi connectivity index (χ2n) is 7.37. The molecule has 1 heterocycles.